The van der Waals surface area contributed by atoms with Crippen LogP contribution in [0.15, 0.2) is 28.8 Å². The predicted molar refractivity (Wildman–Crippen MR) is 77.9 cm³/mol. The van der Waals surface area contributed by atoms with Crippen LogP contribution in [0.4, 0.5) is 0 Å². The minimum Gasteiger partial charge on any atom is -0.497 e. The highest BCUT2D eigenvalue weighted by molar-refractivity contribution is 5.28. The van der Waals surface area contributed by atoms with E-state index in [2.05, 4.69) is 10.1 Å². The highest BCUT2D eigenvalue weighted by atomic mass is 16.5. The number of hydrogen-bond donors (Lipinski definition) is 2. The lowest BCUT2D eigenvalue weighted by Crippen LogP contribution is -2.34. The molecule has 0 saturated heterocycles. The van der Waals surface area contributed by atoms with Gasteiger partial charge in [-0.05, 0) is 23.6 Å². The van der Waals surface area contributed by atoms with Gasteiger partial charge in [-0.15, -0.1) is 0 Å². The normalized spacial score (nSPS) is 14.2. The second kappa shape index (κ2) is 6.69. The van der Waals surface area contributed by atoms with E-state index in [1.807, 2.05) is 38.1 Å². The number of rotatable bonds is 6. The van der Waals surface area contributed by atoms with E-state index in [9.17, 15) is 5.11 Å². The molecule has 1 aromatic carbocycles. The summed E-state index contributed by atoms with van der Waals surface area (Å²) in [6, 6.07) is 7.18. The molecule has 1 aromatic heterocycles. The smallest absolute Gasteiger partial charge is 0.231 e. The molecule has 0 amide bonds. The number of aliphatic hydroxyl groups excluding tert-OH is 1. The summed E-state index contributed by atoms with van der Waals surface area (Å²) in [7, 11) is 1.62. The van der Waals surface area contributed by atoms with Gasteiger partial charge in [0.2, 0.25) is 11.7 Å². The molecule has 1 unspecified atom stereocenters. The van der Waals surface area contributed by atoms with Crippen molar-refractivity contribution in [3.63, 3.8) is 0 Å². The molecule has 0 aliphatic heterocycles. The van der Waals surface area contributed by atoms with Gasteiger partial charge in [0.15, 0.2) is 0 Å². The van der Waals surface area contributed by atoms with E-state index >= 15 is 0 Å². The van der Waals surface area contributed by atoms with Crippen molar-refractivity contribution in [2.45, 2.75) is 32.4 Å². The van der Waals surface area contributed by atoms with Crippen molar-refractivity contribution in [1.82, 2.24) is 10.1 Å². The summed E-state index contributed by atoms with van der Waals surface area (Å²) in [5.41, 5.74) is 6.92. The zero-order valence-electron chi connectivity index (χ0n) is 12.5. The van der Waals surface area contributed by atoms with Crippen LogP contribution in [-0.4, -0.2) is 28.4 Å². The molecule has 0 aliphatic carbocycles. The number of nitrogens with zero attached hydrogens (tertiary/aromatic N) is 2. The SMILES string of the molecule is COc1ccc(Cc2nc(C(O)[C@@H](N)C(C)C)no2)cc1. The fraction of sp³-hybridized carbons (Fsp3) is 0.467. The lowest BCUT2D eigenvalue weighted by molar-refractivity contribution is 0.114. The number of nitrogens with two attached hydrogens (primary N) is 1. The Morgan fingerprint density at radius 2 is 1.95 bits per heavy atom. The van der Waals surface area contributed by atoms with E-state index in [0.717, 1.165) is 11.3 Å². The van der Waals surface area contributed by atoms with Crippen LogP contribution in [0.3, 0.4) is 0 Å². The number of ether oxygens (including phenoxy) is 1. The minimum atomic E-state index is -0.918. The Hall–Kier alpha value is -1.92. The fourth-order valence-electron chi connectivity index (χ4n) is 1.91. The Morgan fingerprint density at radius 3 is 2.52 bits per heavy atom. The summed E-state index contributed by atoms with van der Waals surface area (Å²) in [4.78, 5) is 4.21. The predicted octanol–water partition coefficient (Wildman–Crippen LogP) is 1.69. The molecule has 1 heterocycles. The number of benzene rings is 1. The summed E-state index contributed by atoms with van der Waals surface area (Å²) in [5, 5.41) is 13.9. The fourth-order valence-corrected chi connectivity index (χ4v) is 1.91. The van der Waals surface area contributed by atoms with Crippen molar-refractivity contribution in [2.75, 3.05) is 7.11 Å². The maximum Gasteiger partial charge on any atom is 0.231 e. The van der Waals surface area contributed by atoms with Crippen molar-refractivity contribution in [3.05, 3.63) is 41.5 Å². The summed E-state index contributed by atoms with van der Waals surface area (Å²) >= 11 is 0. The van der Waals surface area contributed by atoms with Crippen LogP contribution in [0, 0.1) is 5.92 Å². The Morgan fingerprint density at radius 1 is 1.29 bits per heavy atom. The Labute approximate surface area is 123 Å². The average molecular weight is 291 g/mol. The first-order chi connectivity index (χ1) is 10.0. The van der Waals surface area contributed by atoms with Crippen LogP contribution in [0.5, 0.6) is 5.75 Å². The van der Waals surface area contributed by atoms with E-state index in [0.29, 0.717) is 12.3 Å². The van der Waals surface area contributed by atoms with Gasteiger partial charge in [0.25, 0.3) is 0 Å². The Bertz CT molecular complexity index is 566. The molecule has 0 aliphatic rings. The first-order valence-electron chi connectivity index (χ1n) is 6.90. The number of aliphatic hydroxyl groups is 1. The summed E-state index contributed by atoms with van der Waals surface area (Å²) in [6.07, 6.45) is -0.418. The molecule has 114 valence electrons. The monoisotopic (exact) mass is 291 g/mol. The summed E-state index contributed by atoms with van der Waals surface area (Å²) in [6.45, 7) is 3.87. The van der Waals surface area contributed by atoms with E-state index in [4.69, 9.17) is 15.0 Å². The van der Waals surface area contributed by atoms with E-state index in [-0.39, 0.29) is 11.7 Å². The topological polar surface area (TPSA) is 94.4 Å². The van der Waals surface area contributed by atoms with Gasteiger partial charge in [-0.2, -0.15) is 4.98 Å². The van der Waals surface area contributed by atoms with Crippen molar-refractivity contribution in [2.24, 2.45) is 11.7 Å². The van der Waals surface area contributed by atoms with E-state index in [1.165, 1.54) is 0 Å². The molecule has 21 heavy (non-hydrogen) atoms. The third-order valence-corrected chi connectivity index (χ3v) is 3.40. The number of methoxy groups -OCH3 is 1. The van der Waals surface area contributed by atoms with Gasteiger partial charge in [0, 0.05) is 6.04 Å². The highest BCUT2D eigenvalue weighted by Crippen LogP contribution is 2.19. The van der Waals surface area contributed by atoms with Crippen LogP contribution in [-0.2, 0) is 6.42 Å². The highest BCUT2D eigenvalue weighted by Gasteiger charge is 2.24. The largest absolute Gasteiger partial charge is 0.497 e. The second-order valence-corrected chi connectivity index (χ2v) is 5.34. The maximum absolute atomic E-state index is 10.1. The van der Waals surface area contributed by atoms with Crippen LogP contribution in [0.1, 0.15) is 37.2 Å². The van der Waals surface area contributed by atoms with Gasteiger partial charge in [-0.1, -0.05) is 31.1 Å². The molecule has 0 spiro atoms. The quantitative estimate of drug-likeness (QED) is 0.841. The zero-order chi connectivity index (χ0) is 15.4. The van der Waals surface area contributed by atoms with Gasteiger partial charge >= 0.3 is 0 Å². The average Bonchev–Trinajstić information content (AvgIpc) is 2.95. The van der Waals surface area contributed by atoms with Crippen molar-refractivity contribution >= 4 is 0 Å². The summed E-state index contributed by atoms with van der Waals surface area (Å²) in [5.74, 6) is 1.61. The first kappa shape index (κ1) is 15.5. The third-order valence-electron chi connectivity index (χ3n) is 3.40. The van der Waals surface area contributed by atoms with Gasteiger partial charge in [0.05, 0.1) is 13.5 Å². The molecule has 6 nitrogen and oxygen atoms in total. The van der Waals surface area contributed by atoms with Gasteiger partial charge in [0.1, 0.15) is 11.9 Å². The van der Waals surface area contributed by atoms with Crippen molar-refractivity contribution in [1.29, 1.82) is 0 Å². The van der Waals surface area contributed by atoms with Crippen molar-refractivity contribution < 1.29 is 14.4 Å². The molecule has 2 rings (SSSR count). The number of hydrogen-bond acceptors (Lipinski definition) is 6. The van der Waals surface area contributed by atoms with Crippen LogP contribution < -0.4 is 10.5 Å². The van der Waals surface area contributed by atoms with E-state index < -0.39 is 12.1 Å². The Kier molecular flexibility index (Phi) is 4.93. The standard InChI is InChI=1S/C15H21N3O3/c1-9(2)13(16)14(19)15-17-12(21-18-15)8-10-4-6-11(20-3)7-5-10/h4-7,9,13-14,19H,8,16H2,1-3H3/t13-,14?/m0/s1. The molecule has 2 aromatic rings. The minimum absolute atomic E-state index is 0.128. The Balaban J connectivity index is 2.05. The molecular formula is C15H21N3O3. The van der Waals surface area contributed by atoms with Crippen LogP contribution in [0.2, 0.25) is 0 Å². The third kappa shape index (κ3) is 3.80. The van der Waals surface area contributed by atoms with E-state index in [1.54, 1.807) is 7.11 Å². The molecule has 0 fully saturated rings. The lowest BCUT2D eigenvalue weighted by Gasteiger charge is -2.18. The second-order valence-electron chi connectivity index (χ2n) is 5.34. The van der Waals surface area contributed by atoms with Crippen LogP contribution >= 0.6 is 0 Å². The molecule has 6 heteroatoms. The molecule has 2 atom stereocenters. The molecule has 0 saturated carbocycles. The van der Waals surface area contributed by atoms with Gasteiger partial charge in [-0.25, -0.2) is 0 Å². The number of aromatic nitrogens is 2. The lowest BCUT2D eigenvalue weighted by atomic mass is 9.99. The zero-order valence-corrected chi connectivity index (χ0v) is 12.5. The molecule has 0 radical (unpaired) electrons. The summed E-state index contributed by atoms with van der Waals surface area (Å²) < 4.78 is 10.3. The maximum atomic E-state index is 10.1. The molecular weight excluding hydrogens is 270 g/mol. The van der Waals surface area contributed by atoms with Crippen LogP contribution in [0.25, 0.3) is 0 Å². The molecule has 3 N–H and O–H groups in total. The van der Waals surface area contributed by atoms with Gasteiger partial charge < -0.3 is 20.1 Å². The molecule has 0 bridgehead atoms. The first-order valence-corrected chi connectivity index (χ1v) is 6.90. The van der Waals surface area contributed by atoms with Crippen molar-refractivity contribution in [3.8, 4) is 5.75 Å². The van der Waals surface area contributed by atoms with Gasteiger partial charge in [-0.3, -0.25) is 0 Å².